The van der Waals surface area contributed by atoms with Crippen molar-refractivity contribution < 1.29 is 9.47 Å². The van der Waals surface area contributed by atoms with Gasteiger partial charge in [0.25, 0.3) is 0 Å². The van der Waals surface area contributed by atoms with Gasteiger partial charge in [-0.25, -0.2) is 9.97 Å². The highest BCUT2D eigenvalue weighted by atomic mass is 16.7. The maximum Gasteiger partial charge on any atom is 0.168 e. The number of hydrogen-bond acceptors (Lipinski definition) is 4. The van der Waals surface area contributed by atoms with Crippen LogP contribution >= 0.6 is 0 Å². The van der Waals surface area contributed by atoms with Crippen LogP contribution in [0.2, 0.25) is 0 Å². The minimum absolute atomic E-state index is 0.168. The zero-order valence-electron chi connectivity index (χ0n) is 12.3. The van der Waals surface area contributed by atoms with Gasteiger partial charge in [0.15, 0.2) is 5.79 Å². The Kier molecular flexibility index (Phi) is 2.70. The molecule has 4 rings (SSSR count). The highest BCUT2D eigenvalue weighted by Crippen LogP contribution is 2.53. The summed E-state index contributed by atoms with van der Waals surface area (Å²) in [5.41, 5.74) is 2.80. The molecule has 1 saturated carbocycles. The van der Waals surface area contributed by atoms with E-state index in [9.17, 15) is 0 Å². The predicted molar refractivity (Wildman–Crippen MR) is 74.4 cm³/mol. The molecule has 2 unspecified atom stereocenters. The molecule has 4 heteroatoms. The van der Waals surface area contributed by atoms with Crippen LogP contribution in [-0.4, -0.2) is 29.0 Å². The van der Waals surface area contributed by atoms with Crippen LogP contribution in [0.15, 0.2) is 6.20 Å². The second-order valence-corrected chi connectivity index (χ2v) is 6.76. The van der Waals surface area contributed by atoms with E-state index in [1.165, 1.54) is 17.7 Å². The van der Waals surface area contributed by atoms with Crippen molar-refractivity contribution in [3.05, 3.63) is 23.3 Å². The number of fused-ring (bicyclic) bond motifs is 3. The molecule has 3 aliphatic rings. The molecule has 1 saturated heterocycles. The monoisotopic (exact) mass is 274 g/mol. The summed E-state index contributed by atoms with van der Waals surface area (Å²) in [6, 6.07) is 0. The number of aromatic nitrogens is 2. The van der Waals surface area contributed by atoms with E-state index < -0.39 is 0 Å². The molecular formula is C16H22N2O2. The summed E-state index contributed by atoms with van der Waals surface area (Å²) in [5, 5.41) is 0. The van der Waals surface area contributed by atoms with Gasteiger partial charge in [0.2, 0.25) is 0 Å². The first kappa shape index (κ1) is 12.7. The molecule has 1 aromatic rings. The summed E-state index contributed by atoms with van der Waals surface area (Å²) in [4.78, 5) is 9.16. The molecule has 0 amide bonds. The maximum atomic E-state index is 5.93. The Balaban J connectivity index is 1.71. The standard InChI is InChI=1S/C16H22N2O2/c1-11-17-10-12-3-4-13-9-16(19-7-8-20-16)6-5-15(13,2)14(12)18-11/h10,13H,3-9H2,1-2H3. The fourth-order valence-corrected chi connectivity index (χ4v) is 4.35. The topological polar surface area (TPSA) is 44.2 Å². The highest BCUT2D eigenvalue weighted by molar-refractivity contribution is 5.31. The Morgan fingerprint density at radius 1 is 1.25 bits per heavy atom. The Morgan fingerprint density at radius 2 is 2.05 bits per heavy atom. The molecular weight excluding hydrogens is 252 g/mol. The van der Waals surface area contributed by atoms with Gasteiger partial charge in [-0.05, 0) is 37.7 Å². The van der Waals surface area contributed by atoms with Gasteiger partial charge in [0, 0.05) is 24.5 Å². The largest absolute Gasteiger partial charge is 0.348 e. The molecule has 1 aliphatic heterocycles. The number of aryl methyl sites for hydroxylation is 2. The van der Waals surface area contributed by atoms with Crippen molar-refractivity contribution in [2.45, 2.75) is 57.2 Å². The van der Waals surface area contributed by atoms with Gasteiger partial charge in [-0.1, -0.05) is 6.92 Å². The number of rotatable bonds is 0. The lowest BCUT2D eigenvalue weighted by Crippen LogP contribution is -2.49. The van der Waals surface area contributed by atoms with E-state index in [4.69, 9.17) is 14.5 Å². The molecule has 0 radical (unpaired) electrons. The zero-order valence-corrected chi connectivity index (χ0v) is 12.3. The van der Waals surface area contributed by atoms with Crippen LogP contribution in [0.4, 0.5) is 0 Å². The van der Waals surface area contributed by atoms with Gasteiger partial charge >= 0.3 is 0 Å². The fourth-order valence-electron chi connectivity index (χ4n) is 4.35. The highest BCUT2D eigenvalue weighted by Gasteiger charge is 2.52. The van der Waals surface area contributed by atoms with Crippen LogP contribution in [0.25, 0.3) is 0 Å². The van der Waals surface area contributed by atoms with Crippen LogP contribution in [0.3, 0.4) is 0 Å². The molecule has 0 N–H and O–H groups in total. The Morgan fingerprint density at radius 3 is 2.85 bits per heavy atom. The van der Waals surface area contributed by atoms with E-state index in [-0.39, 0.29) is 11.2 Å². The normalized spacial score (nSPS) is 34.8. The van der Waals surface area contributed by atoms with Crippen molar-refractivity contribution >= 4 is 0 Å². The first-order valence-electron chi connectivity index (χ1n) is 7.72. The van der Waals surface area contributed by atoms with Gasteiger partial charge in [0.05, 0.1) is 18.9 Å². The molecule has 0 bridgehead atoms. The van der Waals surface area contributed by atoms with Gasteiger partial charge in [0.1, 0.15) is 5.82 Å². The van der Waals surface area contributed by atoms with E-state index in [1.807, 2.05) is 13.1 Å². The Hall–Kier alpha value is -1.00. The lowest BCUT2D eigenvalue weighted by molar-refractivity contribution is -0.199. The minimum atomic E-state index is -0.288. The second kappa shape index (κ2) is 4.25. The molecule has 2 aliphatic carbocycles. The summed E-state index contributed by atoms with van der Waals surface area (Å²) in [7, 11) is 0. The van der Waals surface area contributed by atoms with Gasteiger partial charge in [-0.2, -0.15) is 0 Å². The zero-order chi connectivity index (χ0) is 13.8. The van der Waals surface area contributed by atoms with Crippen molar-refractivity contribution in [3.63, 3.8) is 0 Å². The SMILES string of the molecule is Cc1ncc2c(n1)C1(C)CCC3(CC1CC2)OCCO3. The summed E-state index contributed by atoms with van der Waals surface area (Å²) < 4.78 is 11.9. The molecule has 2 heterocycles. The summed E-state index contributed by atoms with van der Waals surface area (Å²) >= 11 is 0. The van der Waals surface area contributed by atoms with Crippen molar-refractivity contribution in [1.82, 2.24) is 9.97 Å². The van der Waals surface area contributed by atoms with Gasteiger partial charge < -0.3 is 9.47 Å². The number of ether oxygens (including phenoxy) is 2. The lowest BCUT2D eigenvalue weighted by atomic mass is 9.59. The molecule has 1 spiro atoms. The summed E-state index contributed by atoms with van der Waals surface area (Å²) in [6.07, 6.45) is 7.43. The average molecular weight is 274 g/mol. The van der Waals surface area contributed by atoms with Crippen molar-refractivity contribution in [3.8, 4) is 0 Å². The fraction of sp³-hybridized carbons (Fsp3) is 0.750. The van der Waals surface area contributed by atoms with E-state index in [0.29, 0.717) is 5.92 Å². The predicted octanol–water partition coefficient (Wildman–Crippen LogP) is 2.53. The molecule has 2 fully saturated rings. The summed E-state index contributed by atoms with van der Waals surface area (Å²) in [6.45, 7) is 5.87. The first-order chi connectivity index (χ1) is 9.61. The number of hydrogen-bond donors (Lipinski definition) is 0. The third-order valence-electron chi connectivity index (χ3n) is 5.59. The molecule has 1 aromatic heterocycles. The molecule has 2 atom stereocenters. The van der Waals surface area contributed by atoms with Gasteiger partial charge in [-0.3, -0.25) is 0 Å². The van der Waals surface area contributed by atoms with Crippen LogP contribution in [-0.2, 0) is 21.3 Å². The second-order valence-electron chi connectivity index (χ2n) is 6.76. The van der Waals surface area contributed by atoms with Crippen LogP contribution in [0, 0.1) is 12.8 Å². The minimum Gasteiger partial charge on any atom is -0.348 e. The summed E-state index contributed by atoms with van der Waals surface area (Å²) in [5.74, 6) is 1.21. The quantitative estimate of drug-likeness (QED) is 0.729. The molecule has 108 valence electrons. The van der Waals surface area contributed by atoms with E-state index >= 15 is 0 Å². The van der Waals surface area contributed by atoms with Crippen molar-refractivity contribution in [2.75, 3.05) is 13.2 Å². The van der Waals surface area contributed by atoms with Crippen LogP contribution in [0.5, 0.6) is 0 Å². The van der Waals surface area contributed by atoms with Crippen molar-refractivity contribution in [1.29, 1.82) is 0 Å². The average Bonchev–Trinajstić information content (AvgIpc) is 2.89. The smallest absolute Gasteiger partial charge is 0.168 e. The lowest BCUT2D eigenvalue weighted by Gasteiger charge is -2.50. The third kappa shape index (κ3) is 1.74. The Labute approximate surface area is 119 Å². The van der Waals surface area contributed by atoms with E-state index in [0.717, 1.165) is 44.7 Å². The van der Waals surface area contributed by atoms with Crippen LogP contribution < -0.4 is 0 Å². The maximum absolute atomic E-state index is 5.93. The van der Waals surface area contributed by atoms with Crippen molar-refractivity contribution in [2.24, 2.45) is 5.92 Å². The molecule has 4 nitrogen and oxygen atoms in total. The van der Waals surface area contributed by atoms with Crippen LogP contribution in [0.1, 0.15) is 49.7 Å². The van der Waals surface area contributed by atoms with E-state index in [1.54, 1.807) is 0 Å². The molecule has 20 heavy (non-hydrogen) atoms. The first-order valence-corrected chi connectivity index (χ1v) is 7.72. The molecule has 0 aromatic carbocycles. The third-order valence-corrected chi connectivity index (χ3v) is 5.59. The Bertz CT molecular complexity index is 539. The number of nitrogens with zero attached hydrogens (tertiary/aromatic N) is 2. The van der Waals surface area contributed by atoms with Gasteiger partial charge in [-0.15, -0.1) is 0 Å². The van der Waals surface area contributed by atoms with E-state index in [2.05, 4.69) is 11.9 Å².